The van der Waals surface area contributed by atoms with Crippen LogP contribution in [0.4, 0.5) is 0 Å². The number of aryl methyl sites for hydroxylation is 1. The molecule has 21 heavy (non-hydrogen) atoms. The van der Waals surface area contributed by atoms with Crippen molar-refractivity contribution in [3.63, 3.8) is 0 Å². The molecular formula is C15H20N4O2. The molecular weight excluding hydrogens is 268 g/mol. The van der Waals surface area contributed by atoms with E-state index in [9.17, 15) is 4.79 Å². The van der Waals surface area contributed by atoms with E-state index in [-0.39, 0.29) is 5.91 Å². The van der Waals surface area contributed by atoms with Gasteiger partial charge in [0.1, 0.15) is 0 Å². The Kier molecular flexibility index (Phi) is 3.53. The molecule has 0 spiro atoms. The van der Waals surface area contributed by atoms with Gasteiger partial charge >= 0.3 is 0 Å². The molecule has 6 heteroatoms. The van der Waals surface area contributed by atoms with Crippen molar-refractivity contribution in [2.45, 2.75) is 39.2 Å². The molecule has 6 nitrogen and oxygen atoms in total. The van der Waals surface area contributed by atoms with Gasteiger partial charge in [-0.1, -0.05) is 6.92 Å². The molecule has 0 aromatic carbocycles. The number of nitrogens with zero attached hydrogens (tertiary/aromatic N) is 4. The molecule has 1 aliphatic heterocycles. The molecule has 0 aliphatic carbocycles. The van der Waals surface area contributed by atoms with Gasteiger partial charge in [-0.3, -0.25) is 4.79 Å². The molecule has 2 aromatic heterocycles. The first kappa shape index (κ1) is 13.9. The fourth-order valence-electron chi connectivity index (χ4n) is 3.04. The summed E-state index contributed by atoms with van der Waals surface area (Å²) in [7, 11) is 1.56. The first-order valence-electron chi connectivity index (χ1n) is 7.37. The standard InChI is InChI=1S/C15H20N4O2/c1-4-11-6-5-9-18(11)15(20)14-10(2)16-12-7-8-13(21-3)17-19(12)14/h7-8,11H,4-6,9H2,1-3H3. The lowest BCUT2D eigenvalue weighted by Gasteiger charge is -2.23. The van der Waals surface area contributed by atoms with Gasteiger partial charge in [0.05, 0.1) is 12.8 Å². The van der Waals surface area contributed by atoms with Gasteiger partial charge in [-0.2, -0.15) is 0 Å². The smallest absolute Gasteiger partial charge is 0.274 e. The van der Waals surface area contributed by atoms with Crippen LogP contribution in [0.1, 0.15) is 42.4 Å². The van der Waals surface area contributed by atoms with Gasteiger partial charge in [0.25, 0.3) is 5.91 Å². The van der Waals surface area contributed by atoms with E-state index in [1.807, 2.05) is 17.9 Å². The zero-order valence-electron chi connectivity index (χ0n) is 12.7. The summed E-state index contributed by atoms with van der Waals surface area (Å²) in [4.78, 5) is 19.3. The second-order valence-corrected chi connectivity index (χ2v) is 5.39. The number of carbonyl (C=O) groups is 1. The average Bonchev–Trinajstić information content (AvgIpc) is 3.08. The first-order valence-corrected chi connectivity index (χ1v) is 7.37. The van der Waals surface area contributed by atoms with Crippen molar-refractivity contribution >= 4 is 11.6 Å². The summed E-state index contributed by atoms with van der Waals surface area (Å²) in [6, 6.07) is 3.89. The number of methoxy groups -OCH3 is 1. The van der Waals surface area contributed by atoms with Crippen LogP contribution in [0.25, 0.3) is 5.65 Å². The van der Waals surface area contributed by atoms with Crippen LogP contribution in [0.2, 0.25) is 0 Å². The number of ether oxygens (including phenoxy) is 1. The largest absolute Gasteiger partial charge is 0.480 e. The molecule has 1 amide bonds. The summed E-state index contributed by atoms with van der Waals surface area (Å²) < 4.78 is 6.75. The zero-order chi connectivity index (χ0) is 15.0. The van der Waals surface area contributed by atoms with Gasteiger partial charge < -0.3 is 9.64 Å². The number of hydrogen-bond acceptors (Lipinski definition) is 4. The fourth-order valence-corrected chi connectivity index (χ4v) is 3.04. The van der Waals surface area contributed by atoms with E-state index in [2.05, 4.69) is 17.0 Å². The second kappa shape index (κ2) is 5.35. The summed E-state index contributed by atoms with van der Waals surface area (Å²) in [5.74, 6) is 0.493. The van der Waals surface area contributed by atoms with E-state index in [1.54, 1.807) is 17.7 Å². The van der Waals surface area contributed by atoms with Crippen molar-refractivity contribution < 1.29 is 9.53 Å². The number of carbonyl (C=O) groups excluding carboxylic acids is 1. The number of aromatic nitrogens is 3. The van der Waals surface area contributed by atoms with E-state index >= 15 is 0 Å². The molecule has 1 saturated heterocycles. The highest BCUT2D eigenvalue weighted by Crippen LogP contribution is 2.24. The molecule has 112 valence electrons. The topological polar surface area (TPSA) is 59.7 Å². The maximum Gasteiger partial charge on any atom is 0.274 e. The molecule has 0 saturated carbocycles. The van der Waals surface area contributed by atoms with Crippen LogP contribution in [0.5, 0.6) is 5.88 Å². The van der Waals surface area contributed by atoms with Crippen LogP contribution >= 0.6 is 0 Å². The molecule has 1 unspecified atom stereocenters. The van der Waals surface area contributed by atoms with Gasteiger partial charge in [-0.25, -0.2) is 9.50 Å². The Bertz CT molecular complexity index is 680. The van der Waals surface area contributed by atoms with E-state index < -0.39 is 0 Å². The van der Waals surface area contributed by atoms with Crippen LogP contribution in [0.3, 0.4) is 0 Å². The zero-order valence-corrected chi connectivity index (χ0v) is 12.7. The highest BCUT2D eigenvalue weighted by molar-refractivity contribution is 5.95. The highest BCUT2D eigenvalue weighted by Gasteiger charge is 2.31. The molecule has 1 fully saturated rings. The lowest BCUT2D eigenvalue weighted by atomic mass is 10.1. The van der Waals surface area contributed by atoms with Crippen molar-refractivity contribution in [3.05, 3.63) is 23.5 Å². The van der Waals surface area contributed by atoms with Gasteiger partial charge in [-0.15, -0.1) is 5.10 Å². The maximum atomic E-state index is 12.9. The van der Waals surface area contributed by atoms with E-state index in [1.165, 1.54) is 0 Å². The minimum Gasteiger partial charge on any atom is -0.480 e. The number of rotatable bonds is 3. The first-order chi connectivity index (χ1) is 10.2. The van der Waals surface area contributed by atoms with Crippen molar-refractivity contribution in [2.24, 2.45) is 0 Å². The lowest BCUT2D eigenvalue weighted by molar-refractivity contribution is 0.0724. The Labute approximate surface area is 123 Å². The van der Waals surface area contributed by atoms with E-state index in [0.29, 0.717) is 29.0 Å². The summed E-state index contributed by atoms with van der Waals surface area (Å²) >= 11 is 0. The lowest BCUT2D eigenvalue weighted by Crippen LogP contribution is -2.36. The van der Waals surface area contributed by atoms with Crippen molar-refractivity contribution in [2.75, 3.05) is 13.7 Å². The minimum atomic E-state index is 0.0186. The summed E-state index contributed by atoms with van der Waals surface area (Å²) in [6.07, 6.45) is 3.13. The normalized spacial score (nSPS) is 18.4. The van der Waals surface area contributed by atoms with E-state index in [0.717, 1.165) is 25.8 Å². The molecule has 2 aromatic rings. The van der Waals surface area contributed by atoms with Crippen LogP contribution in [-0.4, -0.2) is 45.1 Å². The Morgan fingerprint density at radius 2 is 2.29 bits per heavy atom. The number of imidazole rings is 1. The van der Waals surface area contributed by atoms with Crippen molar-refractivity contribution in [3.8, 4) is 5.88 Å². The van der Waals surface area contributed by atoms with Gasteiger partial charge in [-0.05, 0) is 32.3 Å². The van der Waals surface area contributed by atoms with Crippen LogP contribution in [-0.2, 0) is 0 Å². The Hall–Kier alpha value is -2.11. The third kappa shape index (κ3) is 2.24. The molecule has 1 atom stereocenters. The Morgan fingerprint density at radius 1 is 1.48 bits per heavy atom. The number of amides is 1. The predicted molar refractivity (Wildman–Crippen MR) is 78.6 cm³/mol. The SMILES string of the molecule is CCC1CCCN1C(=O)c1c(C)nc2ccc(OC)nn12. The third-order valence-corrected chi connectivity index (χ3v) is 4.15. The third-order valence-electron chi connectivity index (χ3n) is 4.15. The fraction of sp³-hybridized carbons (Fsp3) is 0.533. The maximum absolute atomic E-state index is 12.9. The molecule has 3 rings (SSSR count). The Balaban J connectivity index is 2.06. The molecule has 3 heterocycles. The van der Waals surface area contributed by atoms with Crippen LogP contribution in [0, 0.1) is 6.92 Å². The van der Waals surface area contributed by atoms with Gasteiger partial charge in [0, 0.05) is 18.7 Å². The Morgan fingerprint density at radius 3 is 3.00 bits per heavy atom. The summed E-state index contributed by atoms with van der Waals surface area (Å²) in [6.45, 7) is 4.79. The van der Waals surface area contributed by atoms with Crippen molar-refractivity contribution in [1.29, 1.82) is 0 Å². The minimum absolute atomic E-state index is 0.0186. The average molecular weight is 288 g/mol. The number of likely N-dealkylation sites (tertiary alicyclic amines) is 1. The van der Waals surface area contributed by atoms with Crippen LogP contribution in [0.15, 0.2) is 12.1 Å². The second-order valence-electron chi connectivity index (χ2n) is 5.39. The molecule has 0 bridgehead atoms. The van der Waals surface area contributed by atoms with Gasteiger partial charge in [0.15, 0.2) is 11.3 Å². The number of fused-ring (bicyclic) bond motifs is 1. The van der Waals surface area contributed by atoms with Crippen molar-refractivity contribution in [1.82, 2.24) is 19.5 Å². The number of hydrogen-bond donors (Lipinski definition) is 0. The molecule has 0 N–H and O–H groups in total. The summed E-state index contributed by atoms with van der Waals surface area (Å²) in [5.41, 5.74) is 1.93. The quantitative estimate of drug-likeness (QED) is 0.867. The molecule has 0 radical (unpaired) electrons. The summed E-state index contributed by atoms with van der Waals surface area (Å²) in [5, 5.41) is 4.34. The van der Waals surface area contributed by atoms with Gasteiger partial charge in [0.2, 0.25) is 5.88 Å². The predicted octanol–water partition coefficient (Wildman–Crippen LogP) is 2.06. The molecule has 1 aliphatic rings. The van der Waals surface area contributed by atoms with E-state index in [4.69, 9.17) is 4.74 Å². The monoisotopic (exact) mass is 288 g/mol. The highest BCUT2D eigenvalue weighted by atomic mass is 16.5. The van der Waals surface area contributed by atoms with Crippen LogP contribution < -0.4 is 4.74 Å².